The van der Waals surface area contributed by atoms with Gasteiger partial charge in [0.2, 0.25) is 0 Å². The van der Waals surface area contributed by atoms with Crippen molar-refractivity contribution in [3.63, 3.8) is 0 Å². The molecule has 3 aromatic rings. The van der Waals surface area contributed by atoms with Crippen LogP contribution in [0.2, 0.25) is 0 Å². The van der Waals surface area contributed by atoms with Crippen molar-refractivity contribution in [1.29, 1.82) is 0 Å². The highest BCUT2D eigenvalue weighted by atomic mass is 16.5. The molecule has 0 atom stereocenters. The van der Waals surface area contributed by atoms with E-state index in [2.05, 4.69) is 9.97 Å². The summed E-state index contributed by atoms with van der Waals surface area (Å²) in [7, 11) is 1.64. The number of benzene rings is 2. The lowest BCUT2D eigenvalue weighted by Crippen LogP contribution is -1.96. The first kappa shape index (κ1) is 15.0. The fourth-order valence-electron chi connectivity index (χ4n) is 2.50. The van der Waals surface area contributed by atoms with Crippen LogP contribution in [0.25, 0.3) is 22.4 Å². The second kappa shape index (κ2) is 6.08. The summed E-state index contributed by atoms with van der Waals surface area (Å²) < 4.78 is 5.20. The van der Waals surface area contributed by atoms with Gasteiger partial charge in [0.05, 0.1) is 12.8 Å². The van der Waals surface area contributed by atoms with Gasteiger partial charge in [0.15, 0.2) is 0 Å². The summed E-state index contributed by atoms with van der Waals surface area (Å²) in [6.07, 6.45) is 1.79. The van der Waals surface area contributed by atoms with E-state index in [1.54, 1.807) is 19.4 Å². The van der Waals surface area contributed by atoms with Crippen LogP contribution in [0.15, 0.2) is 48.7 Å². The molecule has 4 nitrogen and oxygen atoms in total. The second-order valence-electron chi connectivity index (χ2n) is 5.43. The van der Waals surface area contributed by atoms with Crippen LogP contribution in [0.1, 0.15) is 11.4 Å². The van der Waals surface area contributed by atoms with Crippen molar-refractivity contribution in [3.05, 3.63) is 60.0 Å². The molecule has 1 N–H and O–H groups in total. The number of rotatable bonds is 3. The summed E-state index contributed by atoms with van der Waals surface area (Å²) >= 11 is 0. The Balaban J connectivity index is 2.20. The van der Waals surface area contributed by atoms with E-state index in [4.69, 9.17) is 4.74 Å². The van der Waals surface area contributed by atoms with Gasteiger partial charge >= 0.3 is 0 Å². The van der Waals surface area contributed by atoms with Gasteiger partial charge in [-0.15, -0.1) is 0 Å². The number of hydrogen-bond donors (Lipinski definition) is 1. The molecule has 1 heterocycles. The van der Waals surface area contributed by atoms with Gasteiger partial charge in [-0.05, 0) is 43.7 Å². The van der Waals surface area contributed by atoms with Crippen molar-refractivity contribution < 1.29 is 9.84 Å². The van der Waals surface area contributed by atoms with E-state index >= 15 is 0 Å². The van der Waals surface area contributed by atoms with Gasteiger partial charge in [-0.3, -0.25) is 0 Å². The fraction of sp³-hybridized carbons (Fsp3) is 0.158. The lowest BCUT2D eigenvalue weighted by atomic mass is 9.99. The minimum atomic E-state index is 0.212. The first-order valence-corrected chi connectivity index (χ1v) is 7.36. The standard InChI is InChI=1S/C19H18N2O2/c1-12-4-9-18(22)16(10-12)19-17(11-20-13(2)21-19)14-5-7-15(23-3)8-6-14/h4-11,22H,1-3H3. The molecular formula is C19H18N2O2. The number of phenolic OH excluding ortho intramolecular Hbond substituents is 1. The van der Waals surface area contributed by atoms with E-state index in [-0.39, 0.29) is 5.75 Å². The van der Waals surface area contributed by atoms with Crippen molar-refractivity contribution >= 4 is 0 Å². The van der Waals surface area contributed by atoms with Gasteiger partial charge in [0.1, 0.15) is 17.3 Å². The van der Waals surface area contributed by atoms with Gasteiger partial charge < -0.3 is 9.84 Å². The van der Waals surface area contributed by atoms with Crippen LogP contribution >= 0.6 is 0 Å². The largest absolute Gasteiger partial charge is 0.507 e. The number of methoxy groups -OCH3 is 1. The van der Waals surface area contributed by atoms with Gasteiger partial charge in [-0.1, -0.05) is 23.8 Å². The quantitative estimate of drug-likeness (QED) is 0.790. The number of aromatic nitrogens is 2. The van der Waals surface area contributed by atoms with Crippen molar-refractivity contribution in [2.75, 3.05) is 7.11 Å². The molecule has 0 unspecified atom stereocenters. The molecule has 0 bridgehead atoms. The monoisotopic (exact) mass is 306 g/mol. The molecule has 0 radical (unpaired) electrons. The molecule has 1 aromatic heterocycles. The van der Waals surface area contributed by atoms with Crippen molar-refractivity contribution in [3.8, 4) is 33.9 Å². The zero-order valence-corrected chi connectivity index (χ0v) is 13.4. The van der Waals surface area contributed by atoms with E-state index in [0.29, 0.717) is 11.4 Å². The third-order valence-corrected chi connectivity index (χ3v) is 3.72. The van der Waals surface area contributed by atoms with Crippen molar-refractivity contribution in [1.82, 2.24) is 9.97 Å². The van der Waals surface area contributed by atoms with Crippen molar-refractivity contribution in [2.45, 2.75) is 13.8 Å². The average molecular weight is 306 g/mol. The molecule has 0 spiro atoms. The Morgan fingerprint density at radius 1 is 0.957 bits per heavy atom. The molecule has 0 fully saturated rings. The Hall–Kier alpha value is -2.88. The summed E-state index contributed by atoms with van der Waals surface area (Å²) in [5, 5.41) is 10.3. The molecule has 3 rings (SSSR count). The summed E-state index contributed by atoms with van der Waals surface area (Å²) in [4.78, 5) is 8.87. The lowest BCUT2D eigenvalue weighted by molar-refractivity contribution is 0.415. The molecule has 116 valence electrons. The predicted octanol–water partition coefficient (Wildman–Crippen LogP) is 4.14. The Morgan fingerprint density at radius 2 is 1.70 bits per heavy atom. The summed E-state index contributed by atoms with van der Waals surface area (Å²) in [6.45, 7) is 3.83. The maximum absolute atomic E-state index is 10.3. The molecule has 0 aliphatic rings. The number of aryl methyl sites for hydroxylation is 2. The first-order valence-electron chi connectivity index (χ1n) is 7.36. The molecule has 0 saturated carbocycles. The van der Waals surface area contributed by atoms with Crippen LogP contribution in [0.4, 0.5) is 0 Å². The fourth-order valence-corrected chi connectivity index (χ4v) is 2.50. The van der Waals surface area contributed by atoms with E-state index in [1.807, 2.05) is 50.2 Å². The lowest BCUT2D eigenvalue weighted by Gasteiger charge is -2.12. The highest BCUT2D eigenvalue weighted by Crippen LogP contribution is 2.36. The normalized spacial score (nSPS) is 10.6. The number of hydrogen-bond acceptors (Lipinski definition) is 4. The molecule has 23 heavy (non-hydrogen) atoms. The summed E-state index contributed by atoms with van der Waals surface area (Å²) in [5.41, 5.74) is 4.35. The summed E-state index contributed by atoms with van der Waals surface area (Å²) in [6, 6.07) is 13.2. The molecule has 0 aliphatic heterocycles. The average Bonchev–Trinajstić information content (AvgIpc) is 2.57. The second-order valence-corrected chi connectivity index (χ2v) is 5.43. The van der Waals surface area contributed by atoms with Crippen LogP contribution in [-0.2, 0) is 0 Å². The topological polar surface area (TPSA) is 55.2 Å². The molecule has 0 aliphatic carbocycles. The zero-order chi connectivity index (χ0) is 16.4. The van der Waals surface area contributed by atoms with Crippen LogP contribution < -0.4 is 4.74 Å². The van der Waals surface area contributed by atoms with E-state index in [1.165, 1.54) is 0 Å². The smallest absolute Gasteiger partial charge is 0.125 e. The Bertz CT molecular complexity index is 842. The molecule has 0 amide bonds. The third-order valence-electron chi connectivity index (χ3n) is 3.72. The Labute approximate surface area is 135 Å². The van der Waals surface area contributed by atoms with Crippen LogP contribution in [0.5, 0.6) is 11.5 Å². The van der Waals surface area contributed by atoms with Gasteiger partial charge in [0, 0.05) is 17.3 Å². The van der Waals surface area contributed by atoms with Crippen LogP contribution in [-0.4, -0.2) is 22.2 Å². The van der Waals surface area contributed by atoms with E-state index in [9.17, 15) is 5.11 Å². The maximum Gasteiger partial charge on any atom is 0.125 e. The molecule has 4 heteroatoms. The summed E-state index contributed by atoms with van der Waals surface area (Å²) in [5.74, 6) is 1.67. The number of phenols is 1. The number of nitrogens with zero attached hydrogens (tertiary/aromatic N) is 2. The highest BCUT2D eigenvalue weighted by molar-refractivity contribution is 5.83. The van der Waals surface area contributed by atoms with E-state index in [0.717, 1.165) is 28.1 Å². The first-order chi connectivity index (χ1) is 11.1. The zero-order valence-electron chi connectivity index (χ0n) is 13.4. The number of aromatic hydroxyl groups is 1. The molecule has 0 saturated heterocycles. The minimum Gasteiger partial charge on any atom is -0.507 e. The van der Waals surface area contributed by atoms with Gasteiger partial charge in [0.25, 0.3) is 0 Å². The van der Waals surface area contributed by atoms with E-state index < -0.39 is 0 Å². The van der Waals surface area contributed by atoms with Crippen LogP contribution in [0.3, 0.4) is 0 Å². The SMILES string of the molecule is COc1ccc(-c2cnc(C)nc2-c2cc(C)ccc2O)cc1. The van der Waals surface area contributed by atoms with Crippen LogP contribution in [0, 0.1) is 13.8 Å². The predicted molar refractivity (Wildman–Crippen MR) is 90.6 cm³/mol. The van der Waals surface area contributed by atoms with Crippen molar-refractivity contribution in [2.24, 2.45) is 0 Å². The Kier molecular flexibility index (Phi) is 3.98. The number of ether oxygens (including phenoxy) is 1. The highest BCUT2D eigenvalue weighted by Gasteiger charge is 2.14. The minimum absolute atomic E-state index is 0.212. The van der Waals surface area contributed by atoms with Gasteiger partial charge in [-0.25, -0.2) is 9.97 Å². The maximum atomic E-state index is 10.3. The molecular weight excluding hydrogens is 288 g/mol. The van der Waals surface area contributed by atoms with Gasteiger partial charge in [-0.2, -0.15) is 0 Å². The Morgan fingerprint density at radius 3 is 2.39 bits per heavy atom. The third kappa shape index (κ3) is 3.01. The molecule has 2 aromatic carbocycles.